The van der Waals surface area contributed by atoms with Gasteiger partial charge in [0.05, 0.1) is 34.1 Å². The maximum atomic E-state index is 13.9. The summed E-state index contributed by atoms with van der Waals surface area (Å²) in [6.45, 7) is 6.70. The van der Waals surface area contributed by atoms with Crippen LogP contribution in [0.1, 0.15) is 42.6 Å². The molecule has 1 fully saturated rings. The second-order valence-electron chi connectivity index (χ2n) is 11.1. The van der Waals surface area contributed by atoms with E-state index in [4.69, 9.17) is 9.47 Å². The van der Waals surface area contributed by atoms with E-state index in [0.717, 1.165) is 42.7 Å². The highest BCUT2D eigenvalue weighted by Crippen LogP contribution is 2.31. The largest absolute Gasteiger partial charge is 0.448 e. The number of anilines is 2. The fourth-order valence-corrected chi connectivity index (χ4v) is 6.77. The number of sulfone groups is 1. The van der Waals surface area contributed by atoms with Gasteiger partial charge in [0.25, 0.3) is 5.91 Å². The lowest BCUT2D eigenvalue weighted by atomic mass is 10.1. The third-order valence-electron chi connectivity index (χ3n) is 7.53. The van der Waals surface area contributed by atoms with Crippen LogP contribution in [-0.4, -0.2) is 74.6 Å². The summed E-state index contributed by atoms with van der Waals surface area (Å²) in [6, 6.07) is 11.0. The first-order valence-corrected chi connectivity index (χ1v) is 16.3. The molecule has 0 spiro atoms. The normalized spacial score (nSPS) is 14.4. The molecule has 5 rings (SSSR count). The van der Waals surface area contributed by atoms with E-state index >= 15 is 0 Å². The third-order valence-corrected chi connectivity index (χ3v) is 9.26. The van der Waals surface area contributed by atoms with Gasteiger partial charge in [-0.2, -0.15) is 4.68 Å². The minimum Gasteiger partial charge on any atom is -0.448 e. The van der Waals surface area contributed by atoms with Crippen molar-refractivity contribution in [2.45, 2.75) is 49.1 Å². The molecule has 2 heterocycles. The van der Waals surface area contributed by atoms with Crippen LogP contribution in [0.15, 0.2) is 64.4 Å². The first kappa shape index (κ1) is 33.0. The fourth-order valence-electron chi connectivity index (χ4n) is 5.44. The highest BCUT2D eigenvalue weighted by atomic mass is 32.2. The van der Waals surface area contributed by atoms with Crippen molar-refractivity contribution >= 4 is 44.2 Å². The summed E-state index contributed by atoms with van der Waals surface area (Å²) in [5.74, 6) is -2.81. The van der Waals surface area contributed by atoms with Crippen LogP contribution in [0.3, 0.4) is 0 Å². The molecule has 0 saturated carbocycles. The summed E-state index contributed by atoms with van der Waals surface area (Å²) in [4.78, 5) is 28.0. The van der Waals surface area contributed by atoms with Gasteiger partial charge in [-0.05, 0) is 87.8 Å². The van der Waals surface area contributed by atoms with Gasteiger partial charge in [-0.15, -0.1) is 5.10 Å². The molecular weight excluding hydrogens is 620 g/mol. The van der Waals surface area contributed by atoms with Crippen LogP contribution in [0.2, 0.25) is 0 Å². The van der Waals surface area contributed by atoms with Crippen molar-refractivity contribution in [3.05, 3.63) is 77.4 Å². The van der Waals surface area contributed by atoms with E-state index in [1.165, 1.54) is 18.2 Å². The van der Waals surface area contributed by atoms with Crippen LogP contribution in [0.4, 0.5) is 25.1 Å². The van der Waals surface area contributed by atoms with Crippen LogP contribution >= 0.6 is 0 Å². The first-order valence-electron chi connectivity index (χ1n) is 14.8. The molecule has 11 nitrogen and oxygen atoms in total. The van der Waals surface area contributed by atoms with Crippen molar-refractivity contribution in [3.63, 3.8) is 0 Å². The van der Waals surface area contributed by atoms with E-state index in [-0.39, 0.29) is 39.8 Å². The molecular formula is C32H35F2N5O6S. The molecule has 3 aromatic carbocycles. The number of halogens is 2. The molecule has 1 aliphatic heterocycles. The molecule has 46 heavy (non-hydrogen) atoms. The number of benzene rings is 3. The number of rotatable bonds is 11. The van der Waals surface area contributed by atoms with Crippen molar-refractivity contribution < 1.29 is 36.3 Å². The molecule has 1 atom stereocenters. The SMILES string of the molecule is CCOC(=O)n1nc(NC(=O)c2ccc(CN3CCCC3)cc2N[C@H](C)COC)c2cc(S(=O)(=O)c3cc(F)cc(F)c3)ccc21. The van der Waals surface area contributed by atoms with Gasteiger partial charge in [0.1, 0.15) is 11.6 Å². The van der Waals surface area contributed by atoms with Gasteiger partial charge in [-0.1, -0.05) is 6.07 Å². The number of aromatic nitrogens is 2. The molecule has 2 N–H and O–H groups in total. The van der Waals surface area contributed by atoms with Crippen molar-refractivity contribution in [1.29, 1.82) is 0 Å². The number of carbonyl (C=O) groups excluding carboxylic acids is 2. The minimum absolute atomic E-state index is 0.0396. The molecule has 0 unspecified atom stereocenters. The quantitative estimate of drug-likeness (QED) is 0.217. The van der Waals surface area contributed by atoms with Crippen molar-refractivity contribution in [3.8, 4) is 0 Å². The molecule has 244 valence electrons. The topological polar surface area (TPSA) is 132 Å². The monoisotopic (exact) mass is 655 g/mol. The van der Waals surface area contributed by atoms with Crippen molar-refractivity contribution in [2.75, 3.05) is 44.0 Å². The number of ether oxygens (including phenoxy) is 2. The Morgan fingerprint density at radius 2 is 1.72 bits per heavy atom. The molecule has 14 heteroatoms. The number of nitrogens with one attached hydrogen (secondary N) is 2. The highest BCUT2D eigenvalue weighted by Gasteiger charge is 2.25. The zero-order valence-corrected chi connectivity index (χ0v) is 26.5. The predicted octanol–water partition coefficient (Wildman–Crippen LogP) is 5.45. The number of methoxy groups -OCH3 is 1. The molecule has 1 aromatic heterocycles. The molecule has 1 saturated heterocycles. The molecule has 0 aliphatic carbocycles. The Bertz CT molecular complexity index is 1850. The summed E-state index contributed by atoms with van der Waals surface area (Å²) < 4.78 is 65.9. The van der Waals surface area contributed by atoms with E-state index in [1.54, 1.807) is 20.1 Å². The highest BCUT2D eigenvalue weighted by molar-refractivity contribution is 7.91. The Morgan fingerprint density at radius 1 is 1.00 bits per heavy atom. The predicted molar refractivity (Wildman–Crippen MR) is 168 cm³/mol. The average Bonchev–Trinajstić information content (AvgIpc) is 3.64. The van der Waals surface area contributed by atoms with Gasteiger partial charge >= 0.3 is 6.09 Å². The summed E-state index contributed by atoms with van der Waals surface area (Å²) in [5.41, 5.74) is 2.01. The van der Waals surface area contributed by atoms with Crippen LogP contribution in [0, 0.1) is 11.6 Å². The first-order chi connectivity index (χ1) is 22.0. The van der Waals surface area contributed by atoms with Crippen molar-refractivity contribution in [1.82, 2.24) is 14.7 Å². The Kier molecular flexibility index (Phi) is 9.99. The molecule has 1 aliphatic rings. The van der Waals surface area contributed by atoms with Gasteiger partial charge in [-0.25, -0.2) is 22.0 Å². The number of nitrogens with zero attached hydrogens (tertiary/aromatic N) is 3. The molecule has 1 amide bonds. The van der Waals surface area contributed by atoms with Gasteiger partial charge in [0.15, 0.2) is 5.82 Å². The summed E-state index contributed by atoms with van der Waals surface area (Å²) in [6.07, 6.45) is 1.44. The zero-order chi connectivity index (χ0) is 33.0. The molecule has 0 radical (unpaired) electrons. The fraction of sp³-hybridized carbons (Fsp3) is 0.344. The van der Waals surface area contributed by atoms with Crippen LogP contribution in [0.5, 0.6) is 0 Å². The lowest BCUT2D eigenvalue weighted by molar-refractivity contribution is 0.102. The standard InChI is InChI=1S/C32H35F2N5O6S/c1-4-45-32(41)39-29-10-8-24(46(42,43)25-15-22(33)14-23(34)16-25)17-27(29)30(37-39)36-31(40)26-9-7-21(18-38-11-5-6-12-38)13-28(26)35-20(2)19-44-3/h7-10,13-17,20,35H,4-6,11-12,18-19H2,1-3H3,(H,36,37,40)/t20-/m1/s1. The van der Waals surface area contributed by atoms with E-state index < -0.39 is 38.4 Å². The Hall–Kier alpha value is -4.40. The van der Waals surface area contributed by atoms with Crippen LogP contribution in [-0.2, 0) is 25.9 Å². The van der Waals surface area contributed by atoms with Gasteiger partial charge in [0.2, 0.25) is 9.84 Å². The number of hydrogen-bond donors (Lipinski definition) is 2. The third kappa shape index (κ3) is 7.19. The Balaban J connectivity index is 1.54. The number of likely N-dealkylation sites (tertiary alicyclic amines) is 1. The van der Waals surface area contributed by atoms with E-state index in [9.17, 15) is 26.8 Å². The lowest BCUT2D eigenvalue weighted by Crippen LogP contribution is -2.24. The minimum atomic E-state index is -4.41. The second kappa shape index (κ2) is 13.9. The lowest BCUT2D eigenvalue weighted by Gasteiger charge is -2.20. The second-order valence-corrected chi connectivity index (χ2v) is 13.0. The summed E-state index contributed by atoms with van der Waals surface area (Å²) >= 11 is 0. The van der Waals surface area contributed by atoms with E-state index in [1.807, 2.05) is 19.1 Å². The average molecular weight is 656 g/mol. The summed E-state index contributed by atoms with van der Waals surface area (Å²) in [7, 11) is -2.82. The maximum Gasteiger partial charge on any atom is 0.435 e. The van der Waals surface area contributed by atoms with Crippen LogP contribution in [0.25, 0.3) is 10.9 Å². The van der Waals surface area contributed by atoms with Gasteiger partial charge in [-0.3, -0.25) is 9.69 Å². The van der Waals surface area contributed by atoms with Crippen molar-refractivity contribution in [2.24, 2.45) is 0 Å². The van der Waals surface area contributed by atoms with Crippen LogP contribution < -0.4 is 10.6 Å². The number of fused-ring (bicyclic) bond motifs is 1. The maximum absolute atomic E-state index is 13.9. The summed E-state index contributed by atoms with van der Waals surface area (Å²) in [5, 5.41) is 10.4. The molecule has 0 bridgehead atoms. The van der Waals surface area contributed by atoms with Gasteiger partial charge < -0.3 is 20.1 Å². The number of amides is 1. The van der Waals surface area contributed by atoms with Gasteiger partial charge in [0, 0.05) is 36.8 Å². The van der Waals surface area contributed by atoms with E-state index in [0.29, 0.717) is 30.5 Å². The Morgan fingerprint density at radius 3 is 2.39 bits per heavy atom. The Labute approximate surface area is 265 Å². The smallest absolute Gasteiger partial charge is 0.435 e. The number of carbonyl (C=O) groups is 2. The molecule has 4 aromatic rings. The zero-order valence-electron chi connectivity index (χ0n) is 25.7. The van der Waals surface area contributed by atoms with E-state index in [2.05, 4.69) is 20.6 Å². The number of hydrogen-bond acceptors (Lipinski definition) is 9.